The summed E-state index contributed by atoms with van der Waals surface area (Å²) >= 11 is 1.72. The van der Waals surface area contributed by atoms with Crippen LogP contribution in [0.2, 0.25) is 0 Å². The molecule has 2 aromatic rings. The number of benzene rings is 1. The van der Waals surface area contributed by atoms with Crippen molar-refractivity contribution >= 4 is 17.0 Å². The van der Waals surface area contributed by atoms with Gasteiger partial charge in [0.2, 0.25) is 0 Å². The number of halogens is 2. The molecule has 0 radical (unpaired) electrons. The van der Waals surface area contributed by atoms with E-state index in [4.69, 9.17) is 0 Å². The number of rotatable bonds is 4. The van der Waals surface area contributed by atoms with Gasteiger partial charge < -0.3 is 9.80 Å². The second kappa shape index (κ2) is 7.36. The highest BCUT2D eigenvalue weighted by Gasteiger charge is 2.16. The molecule has 0 unspecified atom stereocenters. The summed E-state index contributed by atoms with van der Waals surface area (Å²) in [5, 5.41) is 0. The Morgan fingerprint density at radius 3 is 2.74 bits per heavy atom. The van der Waals surface area contributed by atoms with Crippen LogP contribution in [0.15, 0.2) is 23.7 Å². The molecule has 0 N–H and O–H groups in total. The van der Waals surface area contributed by atoms with Crippen LogP contribution in [0.1, 0.15) is 17.0 Å². The van der Waals surface area contributed by atoms with Gasteiger partial charge in [-0.05, 0) is 38.4 Å². The first-order valence-corrected chi connectivity index (χ1v) is 8.83. The number of aryl methyl sites for hydroxylation is 1. The van der Waals surface area contributed by atoms with Crippen molar-refractivity contribution in [3.8, 4) is 0 Å². The lowest BCUT2D eigenvalue weighted by Crippen LogP contribution is -2.32. The lowest BCUT2D eigenvalue weighted by atomic mass is 10.2. The third kappa shape index (κ3) is 4.06. The van der Waals surface area contributed by atoms with Crippen LogP contribution in [-0.2, 0) is 6.42 Å². The molecule has 1 aromatic heterocycles. The van der Waals surface area contributed by atoms with Crippen LogP contribution in [0.25, 0.3) is 0 Å². The van der Waals surface area contributed by atoms with Crippen molar-refractivity contribution < 1.29 is 8.78 Å². The van der Waals surface area contributed by atoms with Gasteiger partial charge >= 0.3 is 0 Å². The van der Waals surface area contributed by atoms with E-state index >= 15 is 0 Å². The summed E-state index contributed by atoms with van der Waals surface area (Å²) in [6.45, 7) is 6.77. The topological polar surface area (TPSA) is 19.4 Å². The summed E-state index contributed by atoms with van der Waals surface area (Å²) in [5.74, 6) is -1.56. The fraction of sp³-hybridized carbons (Fsp3) is 0.471. The maximum Gasteiger partial charge on any atom is 0.160 e. The van der Waals surface area contributed by atoms with Crippen molar-refractivity contribution in [2.45, 2.75) is 19.8 Å². The molecule has 1 aromatic carbocycles. The van der Waals surface area contributed by atoms with E-state index in [9.17, 15) is 8.78 Å². The van der Waals surface area contributed by atoms with Crippen LogP contribution in [0.5, 0.6) is 0 Å². The minimum atomic E-state index is -0.787. The maximum atomic E-state index is 13.4. The first-order chi connectivity index (χ1) is 11.1. The summed E-state index contributed by atoms with van der Waals surface area (Å²) < 4.78 is 26.5. The van der Waals surface area contributed by atoms with Gasteiger partial charge in [-0.15, -0.1) is 11.3 Å². The highest BCUT2D eigenvalue weighted by Crippen LogP contribution is 2.20. The van der Waals surface area contributed by atoms with Crippen molar-refractivity contribution in [2.75, 3.05) is 37.6 Å². The molecule has 1 aliphatic heterocycles. The first-order valence-electron chi connectivity index (χ1n) is 7.95. The van der Waals surface area contributed by atoms with Gasteiger partial charge in [-0.3, -0.25) is 0 Å². The molecule has 0 amide bonds. The molecule has 1 saturated heterocycles. The average Bonchev–Trinajstić information content (AvgIpc) is 2.81. The number of thiazole rings is 1. The lowest BCUT2D eigenvalue weighted by molar-refractivity contribution is 0.298. The smallest absolute Gasteiger partial charge is 0.160 e. The number of hydrogen-bond acceptors (Lipinski definition) is 4. The lowest BCUT2D eigenvalue weighted by Gasteiger charge is -2.23. The molecule has 3 nitrogen and oxygen atoms in total. The van der Waals surface area contributed by atoms with Gasteiger partial charge in [0.15, 0.2) is 11.6 Å². The summed E-state index contributed by atoms with van der Waals surface area (Å²) in [5.41, 5.74) is 3.80. The molecule has 0 saturated carbocycles. The Labute approximate surface area is 139 Å². The normalized spacial score (nSPS) is 16.6. The van der Waals surface area contributed by atoms with E-state index in [1.165, 1.54) is 17.0 Å². The molecule has 0 aliphatic carbocycles. The minimum Gasteiger partial charge on any atom is -0.370 e. The Balaban J connectivity index is 1.56. The van der Waals surface area contributed by atoms with Crippen molar-refractivity contribution in [1.82, 2.24) is 9.88 Å². The predicted octanol–water partition coefficient (Wildman–Crippen LogP) is 3.48. The third-order valence-electron chi connectivity index (χ3n) is 4.36. The standard InChI is InChI=1S/C17H21F2N3S/c1-13-17(23-12-20-13)5-8-21-6-2-7-22(10-9-21)14-3-4-15(18)16(19)11-14/h3-4,11-12H,2,5-10H2,1H3. The average molecular weight is 337 g/mol. The van der Waals surface area contributed by atoms with Gasteiger partial charge in [0.25, 0.3) is 0 Å². The summed E-state index contributed by atoms with van der Waals surface area (Å²) in [6.07, 6.45) is 2.06. The predicted molar refractivity (Wildman–Crippen MR) is 90.2 cm³/mol. The second-order valence-corrected chi connectivity index (χ2v) is 6.83. The second-order valence-electron chi connectivity index (χ2n) is 5.89. The number of hydrogen-bond donors (Lipinski definition) is 0. The molecule has 1 fully saturated rings. The number of anilines is 1. The zero-order valence-electron chi connectivity index (χ0n) is 13.3. The number of aromatic nitrogens is 1. The van der Waals surface area contributed by atoms with Crippen LogP contribution < -0.4 is 4.90 Å². The van der Waals surface area contributed by atoms with Crippen LogP contribution in [0.3, 0.4) is 0 Å². The SMILES string of the molecule is Cc1ncsc1CCN1CCCN(c2ccc(F)c(F)c2)CC1. The molecule has 0 bridgehead atoms. The van der Waals surface area contributed by atoms with Crippen molar-refractivity contribution in [1.29, 1.82) is 0 Å². The van der Waals surface area contributed by atoms with E-state index < -0.39 is 11.6 Å². The van der Waals surface area contributed by atoms with Crippen molar-refractivity contribution in [3.05, 3.63) is 45.9 Å². The Morgan fingerprint density at radius 1 is 1.13 bits per heavy atom. The highest BCUT2D eigenvalue weighted by molar-refractivity contribution is 7.09. The monoisotopic (exact) mass is 337 g/mol. The fourth-order valence-corrected chi connectivity index (χ4v) is 3.73. The first kappa shape index (κ1) is 16.3. The van der Waals surface area contributed by atoms with E-state index in [1.54, 1.807) is 17.4 Å². The molecular formula is C17H21F2N3S. The molecule has 2 heterocycles. The molecule has 23 heavy (non-hydrogen) atoms. The Kier molecular flexibility index (Phi) is 5.23. The van der Waals surface area contributed by atoms with E-state index in [-0.39, 0.29) is 0 Å². The van der Waals surface area contributed by atoms with Crippen LogP contribution in [0.4, 0.5) is 14.5 Å². The summed E-state index contributed by atoms with van der Waals surface area (Å²) in [4.78, 5) is 10.2. The van der Waals surface area contributed by atoms with Gasteiger partial charge in [0, 0.05) is 42.8 Å². The maximum absolute atomic E-state index is 13.4. The number of nitrogens with zero attached hydrogens (tertiary/aromatic N) is 3. The fourth-order valence-electron chi connectivity index (χ4n) is 2.96. The molecule has 1 aliphatic rings. The Hall–Kier alpha value is -1.53. The van der Waals surface area contributed by atoms with Gasteiger partial charge in [0.05, 0.1) is 11.2 Å². The molecule has 3 rings (SSSR count). The van der Waals surface area contributed by atoms with Gasteiger partial charge in [-0.2, -0.15) is 0 Å². The quantitative estimate of drug-likeness (QED) is 0.851. The van der Waals surface area contributed by atoms with Crippen LogP contribution in [-0.4, -0.2) is 42.6 Å². The van der Waals surface area contributed by atoms with Gasteiger partial charge in [-0.25, -0.2) is 13.8 Å². The van der Waals surface area contributed by atoms with E-state index in [0.29, 0.717) is 0 Å². The van der Waals surface area contributed by atoms with Crippen LogP contribution in [0, 0.1) is 18.6 Å². The zero-order chi connectivity index (χ0) is 16.2. The zero-order valence-corrected chi connectivity index (χ0v) is 14.1. The molecule has 124 valence electrons. The van der Waals surface area contributed by atoms with Crippen LogP contribution >= 0.6 is 11.3 Å². The van der Waals surface area contributed by atoms with E-state index in [0.717, 1.165) is 56.9 Å². The summed E-state index contributed by atoms with van der Waals surface area (Å²) in [6, 6.07) is 4.17. The van der Waals surface area contributed by atoms with E-state index in [1.807, 2.05) is 5.51 Å². The largest absolute Gasteiger partial charge is 0.370 e. The van der Waals surface area contributed by atoms with Crippen molar-refractivity contribution in [3.63, 3.8) is 0 Å². The highest BCUT2D eigenvalue weighted by atomic mass is 32.1. The molecule has 0 spiro atoms. The van der Waals surface area contributed by atoms with E-state index in [2.05, 4.69) is 21.7 Å². The molecule has 6 heteroatoms. The summed E-state index contributed by atoms with van der Waals surface area (Å²) in [7, 11) is 0. The molecule has 0 atom stereocenters. The third-order valence-corrected chi connectivity index (χ3v) is 5.35. The van der Waals surface area contributed by atoms with Gasteiger partial charge in [-0.1, -0.05) is 0 Å². The molecular weight excluding hydrogens is 316 g/mol. The van der Waals surface area contributed by atoms with Crippen molar-refractivity contribution in [2.24, 2.45) is 0 Å². The van der Waals surface area contributed by atoms with Gasteiger partial charge in [0.1, 0.15) is 0 Å². The Morgan fingerprint density at radius 2 is 2.00 bits per heavy atom. The Bertz CT molecular complexity index is 659. The minimum absolute atomic E-state index is 0.768.